The van der Waals surface area contributed by atoms with Crippen LogP contribution < -0.4 is 0 Å². The molecule has 4 rings (SSSR count). The molecule has 164 valence electrons. The summed E-state index contributed by atoms with van der Waals surface area (Å²) in [6, 6.07) is 14.1. The van der Waals surface area contributed by atoms with Crippen LogP contribution in [-0.4, -0.2) is 76.2 Å². The Morgan fingerprint density at radius 1 is 1.12 bits per heavy atom. The first-order valence-corrected chi connectivity index (χ1v) is 10.4. The predicted molar refractivity (Wildman–Crippen MR) is 126 cm³/mol. The zero-order chi connectivity index (χ0) is 22.0. The molecule has 0 bridgehead atoms. The molecular weight excluding hydrogens is 437 g/mol. The third kappa shape index (κ3) is 5.94. The summed E-state index contributed by atoms with van der Waals surface area (Å²) in [6.45, 7) is 0. The van der Waals surface area contributed by atoms with Gasteiger partial charge in [-0.3, -0.25) is 9.78 Å². The van der Waals surface area contributed by atoms with Crippen LogP contribution in [0.2, 0.25) is 0 Å². The molecule has 1 aromatic heterocycles. The minimum absolute atomic E-state index is 0. The van der Waals surface area contributed by atoms with E-state index >= 15 is 0 Å². The second-order valence-corrected chi connectivity index (χ2v) is 8.00. The molecule has 0 amide bonds. The summed E-state index contributed by atoms with van der Waals surface area (Å²) in [4.78, 5) is 15.6. The molecule has 1 fully saturated rings. The molecule has 7 heteroatoms. The molecule has 3 N–H and O–H groups in total. The predicted octanol–water partition coefficient (Wildman–Crippen LogP) is 3.60. The van der Waals surface area contributed by atoms with Crippen LogP contribution in [0.25, 0.3) is 28.1 Å². The molecule has 1 saturated carbocycles. The SMILES string of the molecule is O=C(O)CC(O)CC(O)/C=C/c1c(C2CC2)nc2ccccc2c1-c1ccc(F)cc1.[CaH2]. The first kappa shape index (κ1) is 24.8. The summed E-state index contributed by atoms with van der Waals surface area (Å²) in [7, 11) is 0. The number of carboxylic acids is 1. The van der Waals surface area contributed by atoms with Gasteiger partial charge >= 0.3 is 43.7 Å². The van der Waals surface area contributed by atoms with E-state index in [1.165, 1.54) is 12.1 Å². The molecule has 32 heavy (non-hydrogen) atoms. The number of halogens is 1. The molecule has 1 heterocycles. The number of para-hydroxylation sites is 1. The third-order valence-corrected chi connectivity index (χ3v) is 5.47. The van der Waals surface area contributed by atoms with Gasteiger partial charge in [-0.15, -0.1) is 0 Å². The number of aliphatic hydroxyl groups excluding tert-OH is 2. The Morgan fingerprint density at radius 2 is 1.81 bits per heavy atom. The second kappa shape index (κ2) is 10.9. The summed E-state index contributed by atoms with van der Waals surface area (Å²) in [5, 5.41) is 29.9. The van der Waals surface area contributed by atoms with E-state index in [4.69, 9.17) is 10.1 Å². The van der Waals surface area contributed by atoms with E-state index in [-0.39, 0.29) is 50.0 Å². The Hall–Kier alpha value is -1.83. The maximum atomic E-state index is 13.6. The number of fused-ring (bicyclic) bond motifs is 1. The molecule has 0 saturated heterocycles. The van der Waals surface area contributed by atoms with Gasteiger partial charge in [0.2, 0.25) is 0 Å². The van der Waals surface area contributed by atoms with Crippen LogP contribution in [-0.2, 0) is 4.79 Å². The van der Waals surface area contributed by atoms with Crippen LogP contribution in [0.15, 0.2) is 54.6 Å². The van der Waals surface area contributed by atoms with Gasteiger partial charge in [-0.05, 0) is 36.6 Å². The Morgan fingerprint density at radius 3 is 2.47 bits per heavy atom. The monoisotopic (exact) mass is 463 g/mol. The van der Waals surface area contributed by atoms with Gasteiger partial charge in [0, 0.05) is 28.9 Å². The van der Waals surface area contributed by atoms with E-state index in [0.717, 1.165) is 46.1 Å². The van der Waals surface area contributed by atoms with Crippen molar-refractivity contribution >= 4 is 60.7 Å². The van der Waals surface area contributed by atoms with Crippen molar-refractivity contribution in [1.29, 1.82) is 0 Å². The summed E-state index contributed by atoms with van der Waals surface area (Å²) < 4.78 is 13.6. The van der Waals surface area contributed by atoms with Gasteiger partial charge in [0.1, 0.15) is 5.82 Å². The number of aliphatic hydroxyl groups is 2. The molecule has 0 radical (unpaired) electrons. The number of nitrogens with zero attached hydrogens (tertiary/aromatic N) is 1. The maximum absolute atomic E-state index is 13.6. The molecule has 0 spiro atoms. The van der Waals surface area contributed by atoms with Crippen molar-refractivity contribution < 1.29 is 24.5 Å². The van der Waals surface area contributed by atoms with Gasteiger partial charge in [0.05, 0.1) is 29.8 Å². The molecule has 2 aromatic carbocycles. The Kier molecular flexibility index (Phi) is 8.42. The number of carboxylic acid groups (broad SMARTS) is 1. The fourth-order valence-electron chi connectivity index (χ4n) is 3.86. The van der Waals surface area contributed by atoms with Crippen LogP contribution in [0.5, 0.6) is 0 Å². The zero-order valence-electron chi connectivity index (χ0n) is 16.9. The fraction of sp³-hybridized carbons (Fsp3) is 0.280. The van der Waals surface area contributed by atoms with E-state index in [2.05, 4.69) is 0 Å². The molecule has 1 aliphatic rings. The average molecular weight is 464 g/mol. The Labute approximate surface area is 215 Å². The van der Waals surface area contributed by atoms with Gasteiger partial charge in [-0.2, -0.15) is 0 Å². The van der Waals surface area contributed by atoms with Crippen molar-refractivity contribution in [3.63, 3.8) is 0 Å². The van der Waals surface area contributed by atoms with E-state index in [0.29, 0.717) is 5.92 Å². The number of aromatic nitrogens is 1. The molecule has 3 aromatic rings. The number of carbonyl (C=O) groups is 1. The first-order valence-electron chi connectivity index (χ1n) is 10.4. The van der Waals surface area contributed by atoms with Gasteiger partial charge < -0.3 is 15.3 Å². The summed E-state index contributed by atoms with van der Waals surface area (Å²) in [5.74, 6) is -1.10. The number of aliphatic carboxylic acids is 1. The van der Waals surface area contributed by atoms with Crippen LogP contribution in [0.4, 0.5) is 4.39 Å². The van der Waals surface area contributed by atoms with Gasteiger partial charge in [-0.1, -0.05) is 42.5 Å². The summed E-state index contributed by atoms with van der Waals surface area (Å²) in [6.07, 6.45) is 2.80. The molecule has 0 aliphatic heterocycles. The van der Waals surface area contributed by atoms with Crippen LogP contribution in [0, 0.1) is 5.82 Å². The van der Waals surface area contributed by atoms with Crippen molar-refractivity contribution in [2.24, 2.45) is 0 Å². The summed E-state index contributed by atoms with van der Waals surface area (Å²) in [5.41, 5.74) is 4.43. The van der Waals surface area contributed by atoms with Crippen molar-refractivity contribution in [3.05, 3.63) is 71.7 Å². The molecule has 1 aliphatic carbocycles. The molecular formula is C25H26CaFNO4. The zero-order valence-corrected chi connectivity index (χ0v) is 16.9. The van der Waals surface area contributed by atoms with E-state index in [1.807, 2.05) is 24.3 Å². The average Bonchev–Trinajstić information content (AvgIpc) is 3.56. The third-order valence-electron chi connectivity index (χ3n) is 5.47. The topological polar surface area (TPSA) is 90.7 Å². The number of rotatable bonds is 8. The second-order valence-electron chi connectivity index (χ2n) is 8.00. The van der Waals surface area contributed by atoms with Crippen LogP contribution >= 0.6 is 0 Å². The van der Waals surface area contributed by atoms with Gasteiger partial charge in [-0.25, -0.2) is 4.39 Å². The van der Waals surface area contributed by atoms with Gasteiger partial charge in [0.15, 0.2) is 0 Å². The first-order chi connectivity index (χ1) is 14.9. The van der Waals surface area contributed by atoms with E-state index in [9.17, 15) is 19.4 Å². The van der Waals surface area contributed by atoms with E-state index in [1.54, 1.807) is 24.3 Å². The number of pyridine rings is 1. The van der Waals surface area contributed by atoms with Crippen LogP contribution in [0.1, 0.15) is 42.9 Å². The number of hydrogen-bond acceptors (Lipinski definition) is 4. The normalized spacial score (nSPS) is 15.5. The summed E-state index contributed by atoms with van der Waals surface area (Å²) >= 11 is 0. The number of benzene rings is 2. The Bertz CT molecular complexity index is 1130. The Balaban J connectivity index is 0.00000289. The quantitative estimate of drug-likeness (QED) is 0.444. The van der Waals surface area contributed by atoms with E-state index < -0.39 is 24.6 Å². The molecule has 2 atom stereocenters. The minimum atomic E-state index is -1.13. The van der Waals surface area contributed by atoms with Gasteiger partial charge in [0.25, 0.3) is 0 Å². The standard InChI is InChI=1S/C25H24FNO4.Ca.2H/c26-17-9-7-15(8-10-17)24-20-3-1-2-4-22(20)27-25(16-5-6-16)21(24)12-11-18(28)13-19(29)14-23(30)31;;;/h1-4,7-12,16,18-19,28-29H,5-6,13-14H2,(H,30,31);;;/b12-11+;;;. The van der Waals surface area contributed by atoms with Crippen molar-refractivity contribution in [2.45, 2.75) is 43.8 Å². The number of hydrogen-bond donors (Lipinski definition) is 3. The molecule has 5 nitrogen and oxygen atoms in total. The molecule has 2 unspecified atom stereocenters. The van der Waals surface area contributed by atoms with Crippen LogP contribution in [0.3, 0.4) is 0 Å². The fourth-order valence-corrected chi connectivity index (χ4v) is 3.86. The van der Waals surface area contributed by atoms with Crippen molar-refractivity contribution in [1.82, 2.24) is 4.98 Å². The van der Waals surface area contributed by atoms with Crippen molar-refractivity contribution in [2.75, 3.05) is 0 Å². The van der Waals surface area contributed by atoms with Crippen molar-refractivity contribution in [3.8, 4) is 11.1 Å².